The van der Waals surface area contributed by atoms with Crippen molar-refractivity contribution < 1.29 is 19.1 Å². The average molecular weight is 348 g/mol. The van der Waals surface area contributed by atoms with Gasteiger partial charge in [-0.1, -0.05) is 37.0 Å². The first-order valence-corrected chi connectivity index (χ1v) is 7.11. The Balaban J connectivity index is 2.41. The van der Waals surface area contributed by atoms with Gasteiger partial charge < -0.3 is 10.1 Å². The maximum Gasteiger partial charge on any atom is 0.340 e. The van der Waals surface area contributed by atoms with Gasteiger partial charge in [0, 0.05) is 12.7 Å². The zero-order valence-corrected chi connectivity index (χ0v) is 13.5. The van der Waals surface area contributed by atoms with E-state index in [2.05, 4.69) is 10.3 Å². The monoisotopic (exact) mass is 347 g/mol. The van der Waals surface area contributed by atoms with Crippen LogP contribution in [0.5, 0.6) is 0 Å². The summed E-state index contributed by atoms with van der Waals surface area (Å²) in [6, 6.07) is 0.623. The molecule has 9 heteroatoms. The second-order valence-corrected chi connectivity index (χ2v) is 5.49. The summed E-state index contributed by atoms with van der Waals surface area (Å²) in [5, 5.41) is 4.67. The molecule has 0 saturated heterocycles. The Morgan fingerprint density at radius 3 is 2.59 bits per heavy atom. The molecule has 1 aromatic rings. The summed E-state index contributed by atoms with van der Waals surface area (Å²) < 4.78 is 4.74. The van der Waals surface area contributed by atoms with Crippen LogP contribution >= 0.6 is 23.2 Å². The molecular weight excluding hydrogens is 333 g/mol. The summed E-state index contributed by atoms with van der Waals surface area (Å²) in [5.41, 5.74) is 0.0476. The number of rotatable bonds is 5. The number of pyridine rings is 1. The molecule has 0 radical (unpaired) electrons. The van der Waals surface area contributed by atoms with Gasteiger partial charge in [0.1, 0.15) is 5.15 Å². The molecule has 1 rings (SSSR count). The van der Waals surface area contributed by atoms with Crippen molar-refractivity contribution in [2.75, 3.05) is 13.2 Å². The van der Waals surface area contributed by atoms with Crippen molar-refractivity contribution in [1.82, 2.24) is 15.6 Å². The van der Waals surface area contributed by atoms with Crippen molar-refractivity contribution in [3.05, 3.63) is 28.0 Å². The van der Waals surface area contributed by atoms with E-state index in [1.165, 1.54) is 12.3 Å². The Bertz CT molecular complexity index is 578. The Morgan fingerprint density at radius 2 is 2.00 bits per heavy atom. The van der Waals surface area contributed by atoms with Gasteiger partial charge in [-0.2, -0.15) is 0 Å². The minimum absolute atomic E-state index is 0.0476. The number of imide groups is 1. The van der Waals surface area contributed by atoms with Crippen molar-refractivity contribution in [1.29, 1.82) is 0 Å². The molecule has 0 bridgehead atoms. The van der Waals surface area contributed by atoms with Crippen LogP contribution in [0.1, 0.15) is 24.2 Å². The number of nitrogens with zero attached hydrogens (tertiary/aromatic N) is 1. The number of carbonyl (C=O) groups excluding carboxylic acids is 3. The SMILES string of the molecule is CC(C)CNC(=O)NC(=O)COC(=O)c1cnc(Cl)c(Cl)c1. The number of hydrogen-bond donors (Lipinski definition) is 2. The lowest BCUT2D eigenvalue weighted by atomic mass is 10.2. The number of aromatic nitrogens is 1. The highest BCUT2D eigenvalue weighted by atomic mass is 35.5. The zero-order chi connectivity index (χ0) is 16.7. The van der Waals surface area contributed by atoms with E-state index in [0.29, 0.717) is 6.54 Å². The van der Waals surface area contributed by atoms with Gasteiger partial charge in [-0.15, -0.1) is 0 Å². The second-order valence-electron chi connectivity index (χ2n) is 4.72. The average Bonchev–Trinajstić information content (AvgIpc) is 2.45. The van der Waals surface area contributed by atoms with Crippen molar-refractivity contribution in [3.8, 4) is 0 Å². The summed E-state index contributed by atoms with van der Waals surface area (Å²) in [7, 11) is 0. The molecule has 0 fully saturated rings. The van der Waals surface area contributed by atoms with E-state index in [1.807, 2.05) is 19.2 Å². The van der Waals surface area contributed by atoms with Crippen LogP contribution in [0.2, 0.25) is 10.2 Å². The van der Waals surface area contributed by atoms with Crippen LogP contribution in [-0.2, 0) is 9.53 Å². The molecule has 22 heavy (non-hydrogen) atoms. The van der Waals surface area contributed by atoms with E-state index in [1.54, 1.807) is 0 Å². The van der Waals surface area contributed by atoms with Gasteiger partial charge in [0.2, 0.25) is 0 Å². The standard InChI is InChI=1S/C13H15Cl2N3O4/c1-7(2)4-17-13(21)18-10(19)6-22-12(20)8-3-9(14)11(15)16-5-8/h3,5,7H,4,6H2,1-2H3,(H2,17,18,19,21). The van der Waals surface area contributed by atoms with Crippen molar-refractivity contribution in [2.24, 2.45) is 5.92 Å². The molecule has 0 atom stereocenters. The molecule has 1 heterocycles. The van der Waals surface area contributed by atoms with Crippen LogP contribution in [0, 0.1) is 5.92 Å². The van der Waals surface area contributed by atoms with Crippen molar-refractivity contribution in [2.45, 2.75) is 13.8 Å². The van der Waals surface area contributed by atoms with Crippen molar-refractivity contribution in [3.63, 3.8) is 0 Å². The lowest BCUT2D eigenvalue weighted by Gasteiger charge is -2.09. The highest BCUT2D eigenvalue weighted by molar-refractivity contribution is 6.41. The fraction of sp³-hybridized carbons (Fsp3) is 0.385. The highest BCUT2D eigenvalue weighted by Crippen LogP contribution is 2.19. The number of hydrogen-bond acceptors (Lipinski definition) is 5. The molecule has 0 aliphatic rings. The maximum atomic E-state index is 11.7. The number of esters is 1. The molecule has 120 valence electrons. The van der Waals surface area contributed by atoms with Crippen LogP contribution in [-0.4, -0.2) is 36.0 Å². The summed E-state index contributed by atoms with van der Waals surface area (Å²) in [4.78, 5) is 38.1. The number of halogens is 2. The minimum atomic E-state index is -0.802. The molecule has 7 nitrogen and oxygen atoms in total. The van der Waals surface area contributed by atoms with E-state index in [4.69, 9.17) is 27.9 Å². The predicted molar refractivity (Wildman–Crippen MR) is 80.9 cm³/mol. The maximum absolute atomic E-state index is 11.7. The fourth-order valence-electron chi connectivity index (χ4n) is 1.25. The van der Waals surface area contributed by atoms with E-state index in [-0.39, 0.29) is 21.7 Å². The Hall–Kier alpha value is -1.86. The lowest BCUT2D eigenvalue weighted by Crippen LogP contribution is -2.42. The number of urea groups is 1. The molecule has 2 N–H and O–H groups in total. The second kappa shape index (κ2) is 8.55. The van der Waals surface area contributed by atoms with E-state index < -0.39 is 24.5 Å². The van der Waals surface area contributed by atoms with Crippen LogP contribution < -0.4 is 10.6 Å². The fourth-order valence-corrected chi connectivity index (χ4v) is 1.52. The molecule has 0 aliphatic heterocycles. The van der Waals surface area contributed by atoms with Gasteiger partial charge in [-0.05, 0) is 12.0 Å². The molecule has 0 aliphatic carbocycles. The summed E-state index contributed by atoms with van der Waals surface area (Å²) in [5.74, 6) is -1.30. The van der Waals surface area contributed by atoms with Gasteiger partial charge in [0.15, 0.2) is 6.61 Å². The van der Waals surface area contributed by atoms with Crippen LogP contribution in [0.3, 0.4) is 0 Å². The van der Waals surface area contributed by atoms with E-state index in [9.17, 15) is 14.4 Å². The molecule has 0 saturated carbocycles. The van der Waals surface area contributed by atoms with Crippen LogP contribution in [0.4, 0.5) is 4.79 Å². The lowest BCUT2D eigenvalue weighted by molar-refractivity contribution is -0.123. The normalized spacial score (nSPS) is 10.2. The smallest absolute Gasteiger partial charge is 0.340 e. The summed E-state index contributed by atoms with van der Waals surface area (Å²) >= 11 is 11.3. The number of amides is 3. The molecule has 1 aromatic heterocycles. The first-order chi connectivity index (χ1) is 10.3. The Labute approximate surface area is 137 Å². The van der Waals surface area contributed by atoms with Gasteiger partial charge >= 0.3 is 12.0 Å². The summed E-state index contributed by atoms with van der Waals surface area (Å²) in [6.07, 6.45) is 1.17. The molecule has 0 unspecified atom stereocenters. The van der Waals surface area contributed by atoms with Gasteiger partial charge in [0.05, 0.1) is 10.6 Å². The number of ether oxygens (including phenoxy) is 1. The minimum Gasteiger partial charge on any atom is -0.452 e. The van der Waals surface area contributed by atoms with Gasteiger partial charge in [-0.3, -0.25) is 10.1 Å². The number of nitrogens with one attached hydrogen (secondary N) is 2. The van der Waals surface area contributed by atoms with Crippen molar-refractivity contribution >= 4 is 41.1 Å². The topological polar surface area (TPSA) is 97.4 Å². The van der Waals surface area contributed by atoms with Gasteiger partial charge in [0.25, 0.3) is 5.91 Å². The number of carbonyl (C=O) groups is 3. The third-order valence-corrected chi connectivity index (χ3v) is 2.98. The molecule has 0 spiro atoms. The molecule has 0 aromatic carbocycles. The van der Waals surface area contributed by atoms with E-state index in [0.717, 1.165) is 0 Å². The molecular formula is C13H15Cl2N3O4. The predicted octanol–water partition coefficient (Wildman–Crippen LogP) is 2.03. The Kier molecular flexibility index (Phi) is 7.07. The third kappa shape index (κ3) is 6.28. The first kappa shape index (κ1) is 18.2. The third-order valence-electron chi connectivity index (χ3n) is 2.29. The quantitative estimate of drug-likeness (QED) is 0.627. The highest BCUT2D eigenvalue weighted by Gasteiger charge is 2.14. The molecule has 3 amide bonds. The van der Waals surface area contributed by atoms with Crippen LogP contribution in [0.15, 0.2) is 12.3 Å². The zero-order valence-electron chi connectivity index (χ0n) is 12.0. The van der Waals surface area contributed by atoms with Crippen LogP contribution in [0.25, 0.3) is 0 Å². The van der Waals surface area contributed by atoms with Gasteiger partial charge in [-0.25, -0.2) is 14.6 Å². The largest absolute Gasteiger partial charge is 0.452 e. The first-order valence-electron chi connectivity index (χ1n) is 6.35. The summed E-state index contributed by atoms with van der Waals surface area (Å²) in [6.45, 7) is 3.65. The Morgan fingerprint density at radius 1 is 1.32 bits per heavy atom. The van der Waals surface area contributed by atoms with E-state index >= 15 is 0 Å².